The maximum atomic E-state index is 12.3. The Labute approximate surface area is 181 Å². The first-order valence-corrected chi connectivity index (χ1v) is 10.3. The van der Waals surface area contributed by atoms with Crippen molar-refractivity contribution in [3.05, 3.63) is 48.0 Å². The second kappa shape index (κ2) is 12.2. The summed E-state index contributed by atoms with van der Waals surface area (Å²) in [6.07, 6.45) is 2.38. The van der Waals surface area contributed by atoms with E-state index in [1.807, 2.05) is 13.0 Å². The fourth-order valence-corrected chi connectivity index (χ4v) is 3.02. The van der Waals surface area contributed by atoms with Crippen LogP contribution in [0.25, 0.3) is 0 Å². The molecule has 1 fully saturated rings. The number of carbonyl (C=O) groups excluding carboxylic acids is 2. The minimum absolute atomic E-state index is 0.0716. The molecule has 0 radical (unpaired) electrons. The third-order valence-electron chi connectivity index (χ3n) is 4.76. The number of hydrogen-bond donors (Lipinski definition) is 3. The first-order valence-electron chi connectivity index (χ1n) is 10.3. The lowest BCUT2D eigenvalue weighted by molar-refractivity contribution is -0.208. The summed E-state index contributed by atoms with van der Waals surface area (Å²) in [6, 6.07) is 8.89. The summed E-state index contributed by atoms with van der Waals surface area (Å²) in [5.74, 6) is -1.93. The van der Waals surface area contributed by atoms with Crippen LogP contribution < -0.4 is 11.1 Å². The third-order valence-corrected chi connectivity index (χ3v) is 4.76. The Hall–Kier alpha value is -2.75. The van der Waals surface area contributed by atoms with Gasteiger partial charge in [0, 0.05) is 13.0 Å². The van der Waals surface area contributed by atoms with E-state index >= 15 is 0 Å². The minimum atomic E-state index is -2.40. The molecular weight excluding hydrogens is 404 g/mol. The quantitative estimate of drug-likeness (QED) is 0.357. The number of nitrogens with one attached hydrogen (secondary N) is 1. The van der Waals surface area contributed by atoms with Crippen molar-refractivity contribution in [2.75, 3.05) is 6.61 Å². The first kappa shape index (κ1) is 24.5. The SMILES string of the molecule is CCC=CC(=O)C[C@@H](OC1CCCCO1)[C@](N)(NC(=O)OCc1ccccc1)C(=O)O. The van der Waals surface area contributed by atoms with Crippen LogP contribution in [0.5, 0.6) is 0 Å². The predicted molar refractivity (Wildman–Crippen MR) is 112 cm³/mol. The molecule has 0 aliphatic carbocycles. The zero-order valence-electron chi connectivity index (χ0n) is 17.6. The monoisotopic (exact) mass is 434 g/mol. The van der Waals surface area contributed by atoms with E-state index in [0.29, 0.717) is 19.4 Å². The predicted octanol–water partition coefficient (Wildman–Crippen LogP) is 2.49. The molecule has 1 aromatic rings. The molecule has 1 aliphatic heterocycles. The lowest BCUT2D eigenvalue weighted by Gasteiger charge is -2.36. The molecule has 1 saturated heterocycles. The first-order chi connectivity index (χ1) is 14.8. The van der Waals surface area contributed by atoms with Crippen LogP contribution >= 0.6 is 0 Å². The Kier molecular flexibility index (Phi) is 9.64. The molecule has 2 rings (SSSR count). The average molecular weight is 434 g/mol. The van der Waals surface area contributed by atoms with Crippen molar-refractivity contribution in [3.63, 3.8) is 0 Å². The maximum absolute atomic E-state index is 12.3. The summed E-state index contributed by atoms with van der Waals surface area (Å²) < 4.78 is 16.4. The molecule has 0 aromatic heterocycles. The summed E-state index contributed by atoms with van der Waals surface area (Å²) in [5, 5.41) is 12.0. The zero-order valence-corrected chi connectivity index (χ0v) is 17.6. The van der Waals surface area contributed by atoms with Crippen LogP contribution in [-0.2, 0) is 30.4 Å². The number of aliphatic carboxylic acids is 1. The van der Waals surface area contributed by atoms with Crippen molar-refractivity contribution in [2.45, 2.75) is 63.7 Å². The van der Waals surface area contributed by atoms with E-state index in [2.05, 4.69) is 5.32 Å². The molecule has 170 valence electrons. The summed E-state index contributed by atoms with van der Waals surface area (Å²) in [7, 11) is 0. The number of ketones is 1. The van der Waals surface area contributed by atoms with Gasteiger partial charge in [-0.2, -0.15) is 0 Å². The number of ether oxygens (including phenoxy) is 3. The van der Waals surface area contributed by atoms with Crippen LogP contribution in [0.3, 0.4) is 0 Å². The van der Waals surface area contributed by atoms with E-state index in [1.165, 1.54) is 6.08 Å². The molecule has 1 aliphatic rings. The summed E-state index contributed by atoms with van der Waals surface area (Å²) in [4.78, 5) is 36.7. The van der Waals surface area contributed by atoms with Crippen LogP contribution in [0.4, 0.5) is 4.79 Å². The largest absolute Gasteiger partial charge is 0.478 e. The van der Waals surface area contributed by atoms with E-state index in [-0.39, 0.29) is 18.8 Å². The molecule has 1 amide bonds. The minimum Gasteiger partial charge on any atom is -0.478 e. The number of carboxylic acids is 1. The molecule has 4 N–H and O–H groups in total. The molecule has 1 unspecified atom stereocenters. The van der Waals surface area contributed by atoms with Gasteiger partial charge in [0.2, 0.25) is 5.66 Å². The lowest BCUT2D eigenvalue weighted by atomic mass is 9.98. The van der Waals surface area contributed by atoms with Gasteiger partial charge in [0.1, 0.15) is 12.7 Å². The standard InChI is InChI=1S/C22H30N2O7/c1-2-3-11-17(25)14-18(31-19-12-7-8-13-29-19)22(23,20(26)27)24-21(28)30-15-16-9-5-4-6-10-16/h3-6,9-11,18-19H,2,7-8,12-15,23H2,1H3,(H,24,28)(H,26,27)/t18-,19?,22+/m1/s1. The van der Waals surface area contributed by atoms with Gasteiger partial charge in [-0.15, -0.1) is 0 Å². The van der Waals surface area contributed by atoms with Crippen molar-refractivity contribution in [1.29, 1.82) is 0 Å². The highest BCUT2D eigenvalue weighted by Crippen LogP contribution is 2.22. The van der Waals surface area contributed by atoms with Gasteiger partial charge in [-0.05, 0) is 37.3 Å². The van der Waals surface area contributed by atoms with Gasteiger partial charge in [0.25, 0.3) is 0 Å². The molecule has 0 spiro atoms. The third kappa shape index (κ3) is 7.78. The Balaban J connectivity index is 2.14. The van der Waals surface area contributed by atoms with Crippen molar-refractivity contribution < 1.29 is 33.7 Å². The van der Waals surface area contributed by atoms with Gasteiger partial charge in [-0.3, -0.25) is 15.8 Å². The number of alkyl carbamates (subject to hydrolysis) is 1. The van der Waals surface area contributed by atoms with Crippen LogP contribution in [0, 0.1) is 0 Å². The molecule has 3 atom stereocenters. The molecule has 31 heavy (non-hydrogen) atoms. The van der Waals surface area contributed by atoms with Crippen LogP contribution in [0.15, 0.2) is 42.5 Å². The normalized spacial score (nSPS) is 19.4. The van der Waals surface area contributed by atoms with Crippen LogP contribution in [0.1, 0.15) is 44.6 Å². The maximum Gasteiger partial charge on any atom is 0.409 e. The summed E-state index contributed by atoms with van der Waals surface area (Å²) in [6.45, 7) is 2.25. The van der Waals surface area contributed by atoms with Crippen molar-refractivity contribution in [3.8, 4) is 0 Å². The Morgan fingerprint density at radius 1 is 1.32 bits per heavy atom. The molecule has 9 nitrogen and oxygen atoms in total. The van der Waals surface area contributed by atoms with Crippen molar-refractivity contribution in [2.24, 2.45) is 5.73 Å². The van der Waals surface area contributed by atoms with E-state index in [9.17, 15) is 19.5 Å². The second-order valence-electron chi connectivity index (χ2n) is 7.26. The fourth-order valence-electron chi connectivity index (χ4n) is 3.02. The Morgan fingerprint density at radius 2 is 2.06 bits per heavy atom. The van der Waals surface area contributed by atoms with Crippen LogP contribution in [-0.4, -0.2) is 47.6 Å². The highest BCUT2D eigenvalue weighted by molar-refractivity contribution is 5.92. The van der Waals surface area contributed by atoms with Gasteiger partial charge in [-0.1, -0.05) is 43.3 Å². The van der Waals surface area contributed by atoms with Crippen LogP contribution in [0.2, 0.25) is 0 Å². The number of rotatable bonds is 11. The number of benzene rings is 1. The van der Waals surface area contributed by atoms with Gasteiger partial charge in [0.05, 0.1) is 0 Å². The molecular formula is C22H30N2O7. The molecule has 9 heteroatoms. The smallest absolute Gasteiger partial charge is 0.409 e. The van der Waals surface area contributed by atoms with E-state index in [4.69, 9.17) is 19.9 Å². The molecule has 1 aromatic carbocycles. The lowest BCUT2D eigenvalue weighted by Crippen LogP contribution is -2.69. The van der Waals surface area contributed by atoms with Gasteiger partial charge >= 0.3 is 12.1 Å². The second-order valence-corrected chi connectivity index (χ2v) is 7.26. The topological polar surface area (TPSA) is 137 Å². The summed E-state index contributed by atoms with van der Waals surface area (Å²) in [5.41, 5.74) is 4.40. The number of amides is 1. The number of hydrogen-bond acceptors (Lipinski definition) is 7. The Morgan fingerprint density at radius 3 is 2.68 bits per heavy atom. The van der Waals surface area contributed by atoms with E-state index in [0.717, 1.165) is 18.4 Å². The van der Waals surface area contributed by atoms with Crippen molar-refractivity contribution >= 4 is 17.8 Å². The average Bonchev–Trinajstić information content (AvgIpc) is 2.77. The van der Waals surface area contributed by atoms with E-state index < -0.39 is 30.1 Å². The highest BCUT2D eigenvalue weighted by atomic mass is 16.7. The molecule has 1 heterocycles. The highest BCUT2D eigenvalue weighted by Gasteiger charge is 2.47. The molecule has 0 saturated carbocycles. The number of nitrogens with two attached hydrogens (primary N) is 1. The number of allylic oxidation sites excluding steroid dienone is 2. The molecule has 0 bridgehead atoms. The van der Waals surface area contributed by atoms with Gasteiger partial charge < -0.3 is 19.3 Å². The fraction of sp³-hybridized carbons (Fsp3) is 0.500. The summed E-state index contributed by atoms with van der Waals surface area (Å²) >= 11 is 0. The Bertz CT molecular complexity index is 762. The van der Waals surface area contributed by atoms with E-state index in [1.54, 1.807) is 30.3 Å². The van der Waals surface area contributed by atoms with Gasteiger partial charge in [-0.25, -0.2) is 9.59 Å². The zero-order chi connectivity index (χ0) is 22.7. The number of carbonyl (C=O) groups is 3. The van der Waals surface area contributed by atoms with Gasteiger partial charge in [0.15, 0.2) is 12.1 Å². The number of carboxylic acid groups (broad SMARTS) is 1. The van der Waals surface area contributed by atoms with Crippen molar-refractivity contribution in [1.82, 2.24) is 5.32 Å².